The fourth-order valence-electron chi connectivity index (χ4n) is 3.59. The van der Waals surface area contributed by atoms with Crippen molar-refractivity contribution in [2.24, 2.45) is 5.92 Å². The molecular weight excluding hydrogens is 362 g/mol. The number of rotatable bonds is 5. The molecule has 1 aliphatic heterocycles. The van der Waals surface area contributed by atoms with Gasteiger partial charge in [-0.05, 0) is 61.3 Å². The molecule has 2 aliphatic rings. The molecule has 27 heavy (non-hydrogen) atoms. The number of methoxy groups -OCH3 is 1. The number of allylic oxidation sites excluding steroid dienone is 1. The van der Waals surface area contributed by atoms with Gasteiger partial charge >= 0.3 is 0 Å². The number of hydrogen-bond acceptors (Lipinski definition) is 4. The Labute approximate surface area is 164 Å². The Morgan fingerprint density at radius 3 is 2.63 bits per heavy atom. The molecule has 1 N–H and O–H groups in total. The Balaban J connectivity index is 1.77. The van der Waals surface area contributed by atoms with Crippen LogP contribution in [-0.2, 0) is 4.74 Å². The first-order chi connectivity index (χ1) is 13.2. The van der Waals surface area contributed by atoms with E-state index in [2.05, 4.69) is 18.2 Å². The average Bonchev–Trinajstić information content (AvgIpc) is 3.54. The minimum absolute atomic E-state index is 0.0838. The quantitative estimate of drug-likeness (QED) is 0.769. The van der Waals surface area contributed by atoms with Gasteiger partial charge in [-0.25, -0.2) is 4.98 Å². The van der Waals surface area contributed by atoms with E-state index in [4.69, 9.17) is 26.1 Å². The zero-order valence-electron chi connectivity index (χ0n) is 15.5. The second-order valence-corrected chi connectivity index (χ2v) is 7.67. The zero-order valence-corrected chi connectivity index (χ0v) is 16.2. The molecule has 1 aliphatic carbocycles. The standard InChI is InChI=1S/C22H24ClNO3/c1-26-22-17(15-2-3-15)5-6-20(24-22)18(12-14-8-10-27-11-9-14)16-4-7-21(25)19(23)13-16/h4-7,12-15,25H,2-3,8-11H2,1H3. The molecule has 2 aromatic rings. The first-order valence-corrected chi connectivity index (χ1v) is 9.87. The summed E-state index contributed by atoms with van der Waals surface area (Å²) in [5.74, 6) is 1.79. The maximum Gasteiger partial charge on any atom is 0.217 e. The third-order valence-electron chi connectivity index (χ3n) is 5.30. The molecule has 0 spiro atoms. The first kappa shape index (κ1) is 18.3. The number of phenolic OH excluding ortho intramolecular Hbond substituents is 1. The number of nitrogens with zero attached hydrogens (tertiary/aromatic N) is 1. The lowest BCUT2D eigenvalue weighted by Crippen LogP contribution is -2.14. The fraction of sp³-hybridized carbons (Fsp3) is 0.409. The van der Waals surface area contributed by atoms with Crippen molar-refractivity contribution in [2.45, 2.75) is 31.6 Å². The summed E-state index contributed by atoms with van der Waals surface area (Å²) in [7, 11) is 1.68. The number of aromatic nitrogens is 1. The highest BCUT2D eigenvalue weighted by atomic mass is 35.5. The van der Waals surface area contributed by atoms with Crippen molar-refractivity contribution in [2.75, 3.05) is 20.3 Å². The van der Waals surface area contributed by atoms with Crippen molar-refractivity contribution in [1.82, 2.24) is 4.98 Å². The molecule has 4 nitrogen and oxygen atoms in total. The van der Waals surface area contributed by atoms with Crippen LogP contribution in [0.1, 0.15) is 48.4 Å². The molecule has 0 bridgehead atoms. The predicted molar refractivity (Wildman–Crippen MR) is 107 cm³/mol. The average molecular weight is 386 g/mol. The zero-order chi connectivity index (χ0) is 18.8. The number of ether oxygens (including phenoxy) is 2. The van der Waals surface area contributed by atoms with Gasteiger partial charge in [0, 0.05) is 24.4 Å². The Bertz CT molecular complexity index is 855. The predicted octanol–water partition coefficient (Wildman–Crippen LogP) is 5.18. The van der Waals surface area contributed by atoms with Crippen LogP contribution in [0.2, 0.25) is 5.02 Å². The van der Waals surface area contributed by atoms with Crippen LogP contribution in [0.15, 0.2) is 36.4 Å². The molecule has 1 saturated heterocycles. The summed E-state index contributed by atoms with van der Waals surface area (Å²) in [6, 6.07) is 9.52. The van der Waals surface area contributed by atoms with E-state index in [-0.39, 0.29) is 5.75 Å². The van der Waals surface area contributed by atoms with E-state index in [1.165, 1.54) is 18.4 Å². The van der Waals surface area contributed by atoms with Gasteiger partial charge < -0.3 is 14.6 Å². The smallest absolute Gasteiger partial charge is 0.217 e. The number of halogens is 1. The van der Waals surface area contributed by atoms with Crippen LogP contribution >= 0.6 is 11.6 Å². The van der Waals surface area contributed by atoms with Gasteiger partial charge in [0.25, 0.3) is 0 Å². The summed E-state index contributed by atoms with van der Waals surface area (Å²) in [5, 5.41) is 10.1. The summed E-state index contributed by atoms with van der Waals surface area (Å²) in [6.45, 7) is 1.56. The lowest BCUT2D eigenvalue weighted by molar-refractivity contribution is 0.0786. The largest absolute Gasteiger partial charge is 0.506 e. The molecule has 4 rings (SSSR count). The Morgan fingerprint density at radius 2 is 1.96 bits per heavy atom. The molecule has 0 amide bonds. The maximum atomic E-state index is 9.80. The highest BCUT2D eigenvalue weighted by molar-refractivity contribution is 6.32. The van der Waals surface area contributed by atoms with Crippen LogP contribution in [0.25, 0.3) is 5.57 Å². The molecule has 0 unspecified atom stereocenters. The van der Waals surface area contributed by atoms with Crippen LogP contribution < -0.4 is 4.74 Å². The molecule has 1 saturated carbocycles. The number of hydrogen-bond donors (Lipinski definition) is 1. The summed E-state index contributed by atoms with van der Waals surface area (Å²) < 4.78 is 11.1. The van der Waals surface area contributed by atoms with Crippen LogP contribution in [-0.4, -0.2) is 30.4 Å². The van der Waals surface area contributed by atoms with Gasteiger partial charge in [-0.2, -0.15) is 0 Å². The maximum absolute atomic E-state index is 9.80. The topological polar surface area (TPSA) is 51.6 Å². The van der Waals surface area contributed by atoms with Crippen molar-refractivity contribution < 1.29 is 14.6 Å². The number of benzene rings is 1. The molecular formula is C22H24ClNO3. The summed E-state index contributed by atoms with van der Waals surface area (Å²) in [6.07, 6.45) is 6.66. The third kappa shape index (κ3) is 4.12. The number of phenols is 1. The summed E-state index contributed by atoms with van der Waals surface area (Å²) in [5.41, 5.74) is 4.02. The van der Waals surface area contributed by atoms with Crippen LogP contribution in [0.5, 0.6) is 11.6 Å². The highest BCUT2D eigenvalue weighted by Crippen LogP contribution is 2.44. The first-order valence-electron chi connectivity index (χ1n) is 9.49. The van der Waals surface area contributed by atoms with Crippen molar-refractivity contribution >= 4 is 17.2 Å². The van der Waals surface area contributed by atoms with Gasteiger partial charge in [-0.15, -0.1) is 0 Å². The molecule has 0 radical (unpaired) electrons. The summed E-state index contributed by atoms with van der Waals surface area (Å²) in [4.78, 5) is 4.82. The normalized spacial score (nSPS) is 18.5. The Morgan fingerprint density at radius 1 is 1.19 bits per heavy atom. The van der Waals surface area contributed by atoms with Gasteiger partial charge in [0.1, 0.15) is 5.75 Å². The van der Waals surface area contributed by atoms with E-state index in [1.807, 2.05) is 6.07 Å². The molecule has 5 heteroatoms. The van der Waals surface area contributed by atoms with Crippen LogP contribution in [0.4, 0.5) is 0 Å². The molecule has 1 aromatic heterocycles. The van der Waals surface area contributed by atoms with E-state index in [9.17, 15) is 5.11 Å². The highest BCUT2D eigenvalue weighted by Gasteiger charge is 2.28. The third-order valence-corrected chi connectivity index (χ3v) is 5.61. The second kappa shape index (κ2) is 7.91. The summed E-state index contributed by atoms with van der Waals surface area (Å²) >= 11 is 6.18. The SMILES string of the molecule is COc1nc(C(=CC2CCOCC2)c2ccc(O)c(Cl)c2)ccc1C1CC1. The van der Waals surface area contributed by atoms with Crippen molar-refractivity contribution in [3.05, 3.63) is 58.3 Å². The lowest BCUT2D eigenvalue weighted by atomic mass is 9.92. The molecule has 1 aromatic carbocycles. The molecule has 2 fully saturated rings. The molecule has 142 valence electrons. The van der Waals surface area contributed by atoms with Crippen LogP contribution in [0, 0.1) is 5.92 Å². The van der Waals surface area contributed by atoms with Gasteiger partial charge in [-0.1, -0.05) is 29.8 Å². The fourth-order valence-corrected chi connectivity index (χ4v) is 3.77. The Hall–Kier alpha value is -2.04. The van der Waals surface area contributed by atoms with Gasteiger partial charge in [0.2, 0.25) is 5.88 Å². The van der Waals surface area contributed by atoms with Gasteiger partial charge in [-0.3, -0.25) is 0 Å². The van der Waals surface area contributed by atoms with Crippen molar-refractivity contribution in [1.29, 1.82) is 0 Å². The monoisotopic (exact) mass is 385 g/mol. The second-order valence-electron chi connectivity index (χ2n) is 7.27. The van der Waals surface area contributed by atoms with E-state index in [1.54, 1.807) is 19.2 Å². The minimum Gasteiger partial charge on any atom is -0.506 e. The van der Waals surface area contributed by atoms with Crippen molar-refractivity contribution in [3.8, 4) is 11.6 Å². The number of pyridine rings is 1. The van der Waals surface area contributed by atoms with Crippen LogP contribution in [0.3, 0.4) is 0 Å². The molecule has 2 heterocycles. The van der Waals surface area contributed by atoms with E-state index < -0.39 is 0 Å². The lowest BCUT2D eigenvalue weighted by Gasteiger charge is -2.21. The van der Waals surface area contributed by atoms with E-state index >= 15 is 0 Å². The van der Waals surface area contributed by atoms with Gasteiger partial charge in [0.15, 0.2) is 0 Å². The number of aromatic hydroxyl groups is 1. The van der Waals surface area contributed by atoms with E-state index in [0.29, 0.717) is 22.7 Å². The minimum atomic E-state index is 0.0838. The van der Waals surface area contributed by atoms with Gasteiger partial charge in [0.05, 0.1) is 17.8 Å². The van der Waals surface area contributed by atoms with Crippen molar-refractivity contribution in [3.63, 3.8) is 0 Å². The molecule has 0 atom stereocenters. The Kier molecular flexibility index (Phi) is 5.37. The van der Waals surface area contributed by atoms with E-state index in [0.717, 1.165) is 42.9 Å².